The van der Waals surface area contributed by atoms with Gasteiger partial charge in [0.25, 0.3) is 0 Å². The minimum Gasteiger partial charge on any atom is -0.493 e. The summed E-state index contributed by atoms with van der Waals surface area (Å²) in [6, 6.07) is 11.9. The third kappa shape index (κ3) is 6.91. The quantitative estimate of drug-likeness (QED) is 0.259. The average molecular weight is 614 g/mol. The lowest BCUT2D eigenvalue weighted by atomic mass is 10.1. The monoisotopic (exact) mass is 613 g/mol. The lowest BCUT2D eigenvalue weighted by molar-refractivity contribution is -0.127. The molecule has 4 aromatic rings. The number of amides is 1. The molecule has 6 rings (SSSR count). The van der Waals surface area contributed by atoms with Gasteiger partial charge < -0.3 is 34.2 Å². The van der Waals surface area contributed by atoms with E-state index in [4.69, 9.17) is 14.2 Å². The Morgan fingerprint density at radius 3 is 2.49 bits per heavy atom. The lowest BCUT2D eigenvalue weighted by Crippen LogP contribution is -2.44. The molecule has 0 unspecified atom stereocenters. The number of aromatic nitrogens is 3. The van der Waals surface area contributed by atoms with Crippen LogP contribution in [0.1, 0.15) is 12.8 Å². The summed E-state index contributed by atoms with van der Waals surface area (Å²) in [6.45, 7) is 8.44. The first-order chi connectivity index (χ1) is 21.9. The molecular formula is C33H36FN7O4. The molecule has 2 aromatic heterocycles. The molecule has 0 saturated carbocycles. The number of hydrogen-bond donors (Lipinski definition) is 1. The van der Waals surface area contributed by atoms with E-state index in [0.29, 0.717) is 65.6 Å². The molecule has 2 aliphatic heterocycles. The number of benzene rings is 2. The Morgan fingerprint density at radius 2 is 1.76 bits per heavy atom. The Labute approximate surface area is 261 Å². The molecule has 12 heteroatoms. The molecule has 2 aromatic carbocycles. The smallest absolute Gasteiger partial charge is 0.245 e. The van der Waals surface area contributed by atoms with E-state index in [1.165, 1.54) is 18.5 Å². The van der Waals surface area contributed by atoms with Crippen LogP contribution in [0.25, 0.3) is 10.9 Å². The molecule has 234 valence electrons. The number of piperazine rings is 1. The number of methoxy groups -OCH3 is 1. The Morgan fingerprint density at radius 1 is 0.978 bits per heavy atom. The van der Waals surface area contributed by atoms with E-state index in [-0.39, 0.29) is 17.7 Å². The minimum absolute atomic E-state index is 0.0795. The molecule has 1 N–H and O–H groups in total. The van der Waals surface area contributed by atoms with E-state index >= 15 is 4.39 Å². The highest BCUT2D eigenvalue weighted by Crippen LogP contribution is 2.37. The second-order valence-corrected chi connectivity index (χ2v) is 11.1. The van der Waals surface area contributed by atoms with Gasteiger partial charge in [-0.1, -0.05) is 6.58 Å². The SMILES string of the molecule is C=CC(=O)N1CCC(Oc2cc3c(Nc4ccc(Oc5ccnc(N6CCN(C)CC6)c5)cc4F)ncnc3cc2OC)CC1. The zero-order chi connectivity index (χ0) is 31.3. The summed E-state index contributed by atoms with van der Waals surface area (Å²) in [5, 5.41) is 3.74. The summed E-state index contributed by atoms with van der Waals surface area (Å²) in [5.74, 6) is 2.66. The van der Waals surface area contributed by atoms with Crippen LogP contribution in [0.4, 0.5) is 21.7 Å². The van der Waals surface area contributed by atoms with Gasteiger partial charge in [0, 0.05) is 81.9 Å². The van der Waals surface area contributed by atoms with Crippen LogP contribution < -0.4 is 24.4 Å². The van der Waals surface area contributed by atoms with Crippen molar-refractivity contribution in [2.24, 2.45) is 0 Å². The van der Waals surface area contributed by atoms with E-state index in [2.05, 4.69) is 43.7 Å². The van der Waals surface area contributed by atoms with E-state index in [9.17, 15) is 4.79 Å². The number of carbonyl (C=O) groups excluding carboxylic acids is 1. The molecule has 1 amide bonds. The number of piperidine rings is 1. The van der Waals surface area contributed by atoms with Crippen LogP contribution in [-0.4, -0.2) is 90.2 Å². The highest BCUT2D eigenvalue weighted by Gasteiger charge is 2.24. The zero-order valence-corrected chi connectivity index (χ0v) is 25.4. The first kappa shape index (κ1) is 30.1. The van der Waals surface area contributed by atoms with Crippen molar-refractivity contribution >= 4 is 34.1 Å². The molecule has 0 atom stereocenters. The van der Waals surface area contributed by atoms with Gasteiger partial charge in [-0.2, -0.15) is 0 Å². The fourth-order valence-electron chi connectivity index (χ4n) is 5.51. The standard InChI is InChI=1S/C33H36FN7O4/c1-4-32(42)41-11-8-22(9-12-41)45-30-19-25-28(20-29(30)43-3)36-21-37-33(25)38-27-6-5-23(17-26(27)34)44-24-7-10-35-31(18-24)40-15-13-39(2)14-16-40/h4-7,10,17-22H,1,8-9,11-16H2,2-3H3,(H,36,37,38). The maximum atomic E-state index is 15.4. The number of nitrogens with zero attached hydrogens (tertiary/aromatic N) is 6. The fraction of sp³-hybridized carbons (Fsp3) is 0.333. The van der Waals surface area contributed by atoms with E-state index < -0.39 is 5.82 Å². The van der Waals surface area contributed by atoms with Gasteiger partial charge in [-0.05, 0) is 37.4 Å². The molecule has 0 radical (unpaired) electrons. The van der Waals surface area contributed by atoms with Crippen LogP contribution in [0.2, 0.25) is 0 Å². The van der Waals surface area contributed by atoms with Gasteiger partial charge in [-0.15, -0.1) is 0 Å². The van der Waals surface area contributed by atoms with Crippen LogP contribution in [0.15, 0.2) is 67.6 Å². The van der Waals surface area contributed by atoms with E-state index in [0.717, 1.165) is 32.0 Å². The van der Waals surface area contributed by atoms with Crippen molar-refractivity contribution in [3.63, 3.8) is 0 Å². The number of rotatable bonds is 9. The van der Waals surface area contributed by atoms with Crippen molar-refractivity contribution in [1.82, 2.24) is 24.8 Å². The summed E-state index contributed by atoms with van der Waals surface area (Å²) < 4.78 is 33.3. The first-order valence-corrected chi connectivity index (χ1v) is 14.9. The molecular weight excluding hydrogens is 577 g/mol. The van der Waals surface area contributed by atoms with Crippen molar-refractivity contribution in [2.75, 3.05) is 63.6 Å². The summed E-state index contributed by atoms with van der Waals surface area (Å²) >= 11 is 0. The highest BCUT2D eigenvalue weighted by atomic mass is 19.1. The number of pyridine rings is 1. The largest absolute Gasteiger partial charge is 0.493 e. The Balaban J connectivity index is 1.17. The normalized spacial score (nSPS) is 16.0. The fourth-order valence-corrected chi connectivity index (χ4v) is 5.51. The molecule has 0 spiro atoms. The summed E-state index contributed by atoms with van der Waals surface area (Å²) in [6.07, 6.45) is 5.69. The second kappa shape index (κ2) is 13.3. The van der Waals surface area contributed by atoms with Crippen LogP contribution >= 0.6 is 0 Å². The molecule has 4 heterocycles. The number of ether oxygens (including phenoxy) is 3. The molecule has 2 fully saturated rings. The van der Waals surface area contributed by atoms with Crippen LogP contribution in [0.3, 0.4) is 0 Å². The number of hydrogen-bond acceptors (Lipinski definition) is 10. The number of carbonyl (C=O) groups is 1. The Bertz CT molecular complexity index is 1690. The van der Waals surface area contributed by atoms with Crippen LogP contribution in [0.5, 0.6) is 23.0 Å². The predicted octanol–water partition coefficient (Wildman–Crippen LogP) is 5.02. The number of nitrogens with one attached hydrogen (secondary N) is 1. The number of anilines is 3. The summed E-state index contributed by atoms with van der Waals surface area (Å²) in [4.78, 5) is 31.5. The Kier molecular flexibility index (Phi) is 8.92. The van der Waals surface area contributed by atoms with Crippen molar-refractivity contribution in [1.29, 1.82) is 0 Å². The van der Waals surface area contributed by atoms with Gasteiger partial charge in [0.05, 0.1) is 18.3 Å². The van der Waals surface area contributed by atoms with Crippen molar-refractivity contribution in [3.05, 3.63) is 73.5 Å². The van der Waals surface area contributed by atoms with Crippen molar-refractivity contribution in [2.45, 2.75) is 18.9 Å². The average Bonchev–Trinajstić information content (AvgIpc) is 3.06. The van der Waals surface area contributed by atoms with Gasteiger partial charge in [0.2, 0.25) is 5.91 Å². The molecule has 0 aliphatic carbocycles. The highest BCUT2D eigenvalue weighted by molar-refractivity contribution is 5.93. The van der Waals surface area contributed by atoms with Crippen molar-refractivity contribution < 1.29 is 23.4 Å². The topological polar surface area (TPSA) is 105 Å². The van der Waals surface area contributed by atoms with Crippen LogP contribution in [0, 0.1) is 5.82 Å². The zero-order valence-electron chi connectivity index (χ0n) is 25.4. The van der Waals surface area contributed by atoms with E-state index in [1.807, 2.05) is 6.07 Å². The molecule has 0 bridgehead atoms. The Hall–Kier alpha value is -4.97. The minimum atomic E-state index is -0.501. The van der Waals surface area contributed by atoms with E-state index in [1.54, 1.807) is 48.5 Å². The molecule has 11 nitrogen and oxygen atoms in total. The van der Waals surface area contributed by atoms with Crippen molar-refractivity contribution in [3.8, 4) is 23.0 Å². The van der Waals surface area contributed by atoms with Gasteiger partial charge in [0.1, 0.15) is 41.4 Å². The number of fused-ring (bicyclic) bond motifs is 1. The number of likely N-dealkylation sites (tertiary alicyclic amines) is 1. The van der Waals surface area contributed by atoms with Gasteiger partial charge in [-0.3, -0.25) is 4.79 Å². The third-order valence-corrected chi connectivity index (χ3v) is 8.12. The number of halogens is 1. The number of likely N-dealkylation sites (N-methyl/N-ethyl adjacent to an activating group) is 1. The summed E-state index contributed by atoms with van der Waals surface area (Å²) in [5.41, 5.74) is 0.838. The second-order valence-electron chi connectivity index (χ2n) is 11.1. The van der Waals surface area contributed by atoms with Crippen LogP contribution in [-0.2, 0) is 4.79 Å². The third-order valence-electron chi connectivity index (χ3n) is 8.12. The first-order valence-electron chi connectivity index (χ1n) is 14.9. The predicted molar refractivity (Wildman–Crippen MR) is 170 cm³/mol. The lowest BCUT2D eigenvalue weighted by Gasteiger charge is -2.33. The van der Waals surface area contributed by atoms with Gasteiger partial charge in [-0.25, -0.2) is 19.3 Å². The molecule has 45 heavy (non-hydrogen) atoms. The van der Waals surface area contributed by atoms with Gasteiger partial charge >= 0.3 is 0 Å². The molecule has 2 aliphatic rings. The molecule has 2 saturated heterocycles. The maximum Gasteiger partial charge on any atom is 0.245 e. The summed E-state index contributed by atoms with van der Waals surface area (Å²) in [7, 11) is 3.67. The maximum absolute atomic E-state index is 15.4. The van der Waals surface area contributed by atoms with Gasteiger partial charge in [0.15, 0.2) is 11.5 Å².